The molecule has 0 saturated heterocycles. The van der Waals surface area contributed by atoms with E-state index in [4.69, 9.17) is 4.42 Å². The average molecular weight is 317 g/mol. The van der Waals surface area contributed by atoms with Crippen molar-refractivity contribution >= 4 is 17.7 Å². The zero-order chi connectivity index (χ0) is 15.6. The van der Waals surface area contributed by atoms with E-state index in [0.29, 0.717) is 12.2 Å². The minimum absolute atomic E-state index is 0.209. The standard InChI is InChI=1S/C17H19NO3S/c19-15(11-14-5-2-1-3-6-14)12-18-17(20)8-10-22-13-16-7-4-9-21-16/h1-10,15,19H,11-13H2,(H,18,20)/b10-8+. The summed E-state index contributed by atoms with van der Waals surface area (Å²) in [6, 6.07) is 13.4. The molecule has 1 aromatic carbocycles. The van der Waals surface area contributed by atoms with Crippen molar-refractivity contribution < 1.29 is 14.3 Å². The molecule has 5 heteroatoms. The molecule has 1 amide bonds. The Morgan fingerprint density at radius 3 is 2.82 bits per heavy atom. The summed E-state index contributed by atoms with van der Waals surface area (Å²) in [4.78, 5) is 11.6. The van der Waals surface area contributed by atoms with Gasteiger partial charge in [0.15, 0.2) is 0 Å². The fraction of sp³-hybridized carbons (Fsp3) is 0.235. The minimum atomic E-state index is -0.587. The first-order chi connectivity index (χ1) is 10.7. The number of hydrogen-bond donors (Lipinski definition) is 2. The van der Waals surface area contributed by atoms with Crippen molar-refractivity contribution in [3.8, 4) is 0 Å². The van der Waals surface area contributed by atoms with Gasteiger partial charge in [0.05, 0.1) is 18.1 Å². The Morgan fingerprint density at radius 1 is 1.27 bits per heavy atom. The number of aliphatic hydroxyl groups excluding tert-OH is 1. The van der Waals surface area contributed by atoms with E-state index in [1.807, 2.05) is 42.5 Å². The van der Waals surface area contributed by atoms with Gasteiger partial charge in [0.2, 0.25) is 5.91 Å². The Hall–Kier alpha value is -1.98. The van der Waals surface area contributed by atoms with E-state index in [1.54, 1.807) is 11.7 Å². The van der Waals surface area contributed by atoms with Crippen molar-refractivity contribution in [2.24, 2.45) is 0 Å². The topological polar surface area (TPSA) is 62.5 Å². The number of rotatable bonds is 8. The van der Waals surface area contributed by atoms with Crippen LogP contribution < -0.4 is 5.32 Å². The molecule has 0 fully saturated rings. The number of carbonyl (C=O) groups is 1. The molecule has 1 unspecified atom stereocenters. The van der Waals surface area contributed by atoms with Gasteiger partial charge >= 0.3 is 0 Å². The number of furan rings is 1. The second-order valence-electron chi connectivity index (χ2n) is 4.78. The number of aliphatic hydroxyl groups is 1. The molecule has 2 aromatic rings. The predicted molar refractivity (Wildman–Crippen MR) is 88.3 cm³/mol. The smallest absolute Gasteiger partial charge is 0.244 e. The first-order valence-corrected chi connectivity index (χ1v) is 8.09. The zero-order valence-electron chi connectivity index (χ0n) is 12.1. The van der Waals surface area contributed by atoms with Gasteiger partial charge in [-0.1, -0.05) is 30.3 Å². The fourth-order valence-corrected chi connectivity index (χ4v) is 2.52. The largest absolute Gasteiger partial charge is 0.468 e. The summed E-state index contributed by atoms with van der Waals surface area (Å²) in [7, 11) is 0. The van der Waals surface area contributed by atoms with Crippen LogP contribution in [-0.4, -0.2) is 23.7 Å². The molecule has 0 aliphatic rings. The lowest BCUT2D eigenvalue weighted by Crippen LogP contribution is -2.32. The molecule has 0 saturated carbocycles. The number of carbonyl (C=O) groups excluding carboxylic acids is 1. The van der Waals surface area contributed by atoms with Gasteiger partial charge in [-0.3, -0.25) is 4.79 Å². The van der Waals surface area contributed by atoms with Crippen LogP contribution in [0.15, 0.2) is 64.6 Å². The number of hydrogen-bond acceptors (Lipinski definition) is 4. The van der Waals surface area contributed by atoms with Crippen LogP contribution in [0.2, 0.25) is 0 Å². The van der Waals surface area contributed by atoms with Gasteiger partial charge in [0.25, 0.3) is 0 Å². The lowest BCUT2D eigenvalue weighted by molar-refractivity contribution is -0.116. The molecule has 22 heavy (non-hydrogen) atoms. The third-order valence-electron chi connectivity index (χ3n) is 2.95. The summed E-state index contributed by atoms with van der Waals surface area (Å²) in [5, 5.41) is 14.3. The van der Waals surface area contributed by atoms with E-state index in [2.05, 4.69) is 5.32 Å². The van der Waals surface area contributed by atoms with Crippen molar-refractivity contribution in [1.82, 2.24) is 5.32 Å². The van der Waals surface area contributed by atoms with E-state index in [1.165, 1.54) is 17.8 Å². The summed E-state index contributed by atoms with van der Waals surface area (Å²) in [5.41, 5.74) is 1.05. The third kappa shape index (κ3) is 6.20. The third-order valence-corrected chi connectivity index (χ3v) is 3.73. The van der Waals surface area contributed by atoms with Crippen molar-refractivity contribution in [3.05, 3.63) is 71.5 Å². The Bertz CT molecular complexity index is 581. The normalized spacial score (nSPS) is 12.4. The van der Waals surface area contributed by atoms with Gasteiger partial charge in [-0.15, -0.1) is 11.8 Å². The van der Waals surface area contributed by atoms with Crippen LogP contribution in [0.5, 0.6) is 0 Å². The maximum absolute atomic E-state index is 11.6. The monoisotopic (exact) mass is 317 g/mol. The lowest BCUT2D eigenvalue weighted by atomic mass is 10.1. The first-order valence-electron chi connectivity index (χ1n) is 7.04. The van der Waals surface area contributed by atoms with Crippen molar-refractivity contribution in [2.45, 2.75) is 18.3 Å². The second kappa shape index (κ2) is 9.12. The van der Waals surface area contributed by atoms with Crippen LogP contribution in [0.1, 0.15) is 11.3 Å². The van der Waals surface area contributed by atoms with E-state index in [0.717, 1.165) is 11.3 Å². The fourth-order valence-electron chi connectivity index (χ4n) is 1.87. The molecule has 0 spiro atoms. The van der Waals surface area contributed by atoms with Crippen LogP contribution in [0.25, 0.3) is 0 Å². The first kappa shape index (κ1) is 16.4. The summed E-state index contributed by atoms with van der Waals surface area (Å²) in [6.45, 7) is 0.237. The molecule has 0 aliphatic carbocycles. The Kier molecular flexibility index (Phi) is 6.80. The highest BCUT2D eigenvalue weighted by Crippen LogP contribution is 2.13. The van der Waals surface area contributed by atoms with Crippen molar-refractivity contribution in [2.75, 3.05) is 6.54 Å². The highest BCUT2D eigenvalue weighted by Gasteiger charge is 2.06. The van der Waals surface area contributed by atoms with Crippen LogP contribution in [0.4, 0.5) is 0 Å². The van der Waals surface area contributed by atoms with Crippen LogP contribution in [0.3, 0.4) is 0 Å². The molecule has 4 nitrogen and oxygen atoms in total. The molecule has 1 aromatic heterocycles. The Morgan fingerprint density at radius 2 is 2.09 bits per heavy atom. The van der Waals surface area contributed by atoms with Gasteiger partial charge in [0, 0.05) is 19.0 Å². The Labute approximate surface area is 134 Å². The zero-order valence-corrected chi connectivity index (χ0v) is 13.0. The maximum Gasteiger partial charge on any atom is 0.244 e. The second-order valence-corrected chi connectivity index (χ2v) is 5.68. The quantitative estimate of drug-likeness (QED) is 0.735. The summed E-state index contributed by atoms with van der Waals surface area (Å²) in [6.07, 6.45) is 3.02. The van der Waals surface area contributed by atoms with Crippen LogP contribution >= 0.6 is 11.8 Å². The van der Waals surface area contributed by atoms with Gasteiger partial charge in [0.1, 0.15) is 5.76 Å². The van der Waals surface area contributed by atoms with Crippen molar-refractivity contribution in [1.29, 1.82) is 0 Å². The molecule has 0 radical (unpaired) electrons. The van der Waals surface area contributed by atoms with Gasteiger partial charge in [-0.05, 0) is 23.1 Å². The molecule has 2 rings (SSSR count). The minimum Gasteiger partial charge on any atom is -0.468 e. The highest BCUT2D eigenvalue weighted by molar-refractivity contribution is 8.01. The van der Waals surface area contributed by atoms with Crippen molar-refractivity contribution in [3.63, 3.8) is 0 Å². The Balaban J connectivity index is 1.62. The molecular weight excluding hydrogens is 298 g/mol. The number of thioether (sulfide) groups is 1. The summed E-state index contributed by atoms with van der Waals surface area (Å²) >= 11 is 1.48. The van der Waals surface area contributed by atoms with E-state index < -0.39 is 6.10 Å². The molecular formula is C17H19NO3S. The molecule has 116 valence electrons. The molecule has 0 aliphatic heterocycles. The van der Waals surface area contributed by atoms with Gasteiger partial charge in [-0.2, -0.15) is 0 Å². The number of amides is 1. The molecule has 0 bridgehead atoms. The lowest BCUT2D eigenvalue weighted by Gasteiger charge is -2.10. The van der Waals surface area contributed by atoms with Crippen LogP contribution in [-0.2, 0) is 17.0 Å². The van der Waals surface area contributed by atoms with E-state index in [9.17, 15) is 9.90 Å². The SMILES string of the molecule is O=C(/C=C/SCc1ccco1)NCC(O)Cc1ccccc1. The number of benzene rings is 1. The average Bonchev–Trinajstić information content (AvgIpc) is 3.04. The molecule has 2 N–H and O–H groups in total. The number of nitrogens with one attached hydrogen (secondary N) is 1. The molecule has 1 heterocycles. The van der Waals surface area contributed by atoms with E-state index >= 15 is 0 Å². The predicted octanol–water partition coefficient (Wildman–Crippen LogP) is 2.75. The van der Waals surface area contributed by atoms with Gasteiger partial charge < -0.3 is 14.8 Å². The van der Waals surface area contributed by atoms with Gasteiger partial charge in [-0.25, -0.2) is 0 Å². The van der Waals surface area contributed by atoms with Crippen LogP contribution in [0, 0.1) is 0 Å². The molecule has 1 atom stereocenters. The summed E-state index contributed by atoms with van der Waals surface area (Å²) < 4.78 is 5.19. The highest BCUT2D eigenvalue weighted by atomic mass is 32.2. The van der Waals surface area contributed by atoms with E-state index in [-0.39, 0.29) is 12.5 Å². The summed E-state index contributed by atoms with van der Waals surface area (Å²) in [5.74, 6) is 1.35. The maximum atomic E-state index is 11.6.